The van der Waals surface area contributed by atoms with Crippen molar-refractivity contribution in [3.8, 4) is 0 Å². The molecule has 0 heterocycles. The van der Waals surface area contributed by atoms with Crippen molar-refractivity contribution in [2.24, 2.45) is 5.73 Å². The Kier molecular flexibility index (Phi) is 5.34. The highest BCUT2D eigenvalue weighted by Crippen LogP contribution is 2.33. The van der Waals surface area contributed by atoms with E-state index in [-0.39, 0.29) is 6.04 Å². The fourth-order valence-corrected chi connectivity index (χ4v) is 3.63. The molecule has 0 aliphatic heterocycles. The van der Waals surface area contributed by atoms with Gasteiger partial charge in [0.25, 0.3) is 0 Å². The second kappa shape index (κ2) is 6.80. The molecule has 2 rings (SSSR count). The van der Waals surface area contributed by atoms with Crippen LogP contribution in [0.25, 0.3) is 0 Å². The van der Waals surface area contributed by atoms with Gasteiger partial charge in [-0.05, 0) is 52.2 Å². The van der Waals surface area contributed by atoms with Crippen molar-refractivity contribution < 1.29 is 0 Å². The van der Waals surface area contributed by atoms with Gasteiger partial charge in [0.05, 0.1) is 0 Å². The zero-order valence-electron chi connectivity index (χ0n) is 10.6. The second-order valence-electron chi connectivity index (χ2n) is 4.36. The van der Waals surface area contributed by atoms with Gasteiger partial charge in [0.15, 0.2) is 0 Å². The van der Waals surface area contributed by atoms with Crippen molar-refractivity contribution in [3.05, 3.63) is 63.1 Å². The van der Waals surface area contributed by atoms with Gasteiger partial charge in [-0.25, -0.2) is 0 Å². The van der Waals surface area contributed by atoms with Crippen LogP contribution in [0.2, 0.25) is 5.02 Å². The van der Waals surface area contributed by atoms with Gasteiger partial charge in [-0.15, -0.1) is 11.8 Å². The monoisotopic (exact) mass is 355 g/mol. The van der Waals surface area contributed by atoms with E-state index in [1.165, 1.54) is 4.90 Å². The molecular weight excluding hydrogens is 342 g/mol. The van der Waals surface area contributed by atoms with Crippen LogP contribution in [0.15, 0.2) is 51.8 Å². The summed E-state index contributed by atoms with van der Waals surface area (Å²) >= 11 is 11.5. The first kappa shape index (κ1) is 14.9. The summed E-state index contributed by atoms with van der Waals surface area (Å²) in [6.07, 6.45) is 0. The summed E-state index contributed by atoms with van der Waals surface area (Å²) in [5, 5.41) is 0.818. The van der Waals surface area contributed by atoms with E-state index in [1.54, 1.807) is 11.8 Å². The lowest BCUT2D eigenvalue weighted by atomic mass is 10.1. The van der Waals surface area contributed by atoms with Crippen LogP contribution in [0, 0.1) is 0 Å². The maximum Gasteiger partial charge on any atom is 0.0446 e. The maximum atomic E-state index is 6.16. The van der Waals surface area contributed by atoms with Crippen molar-refractivity contribution in [3.63, 3.8) is 0 Å². The Bertz CT molecular complexity index is 572. The topological polar surface area (TPSA) is 26.0 Å². The molecule has 0 spiro atoms. The molecule has 1 nitrogen and oxygen atoms in total. The van der Waals surface area contributed by atoms with E-state index in [0.29, 0.717) is 0 Å². The lowest BCUT2D eigenvalue weighted by Crippen LogP contribution is -2.04. The van der Waals surface area contributed by atoms with Crippen LogP contribution < -0.4 is 5.73 Å². The Morgan fingerprint density at radius 2 is 2.00 bits per heavy atom. The Balaban J connectivity index is 2.10. The number of halogens is 2. The van der Waals surface area contributed by atoms with Crippen molar-refractivity contribution in [2.75, 3.05) is 0 Å². The van der Waals surface area contributed by atoms with Gasteiger partial charge >= 0.3 is 0 Å². The van der Waals surface area contributed by atoms with Crippen molar-refractivity contribution >= 4 is 39.3 Å². The molecule has 0 amide bonds. The van der Waals surface area contributed by atoms with Gasteiger partial charge in [-0.1, -0.05) is 35.9 Å². The molecule has 0 fully saturated rings. The van der Waals surface area contributed by atoms with E-state index in [2.05, 4.69) is 40.2 Å². The van der Waals surface area contributed by atoms with Crippen molar-refractivity contribution in [2.45, 2.75) is 23.6 Å². The smallest absolute Gasteiger partial charge is 0.0446 e. The van der Waals surface area contributed by atoms with Crippen LogP contribution in [0.3, 0.4) is 0 Å². The SMILES string of the molecule is CC(N)c1ccc(SCc2ccccc2Cl)c(Br)c1. The quantitative estimate of drug-likeness (QED) is 0.741. The summed E-state index contributed by atoms with van der Waals surface area (Å²) in [6, 6.07) is 14.2. The molecule has 0 saturated heterocycles. The molecule has 0 saturated carbocycles. The van der Waals surface area contributed by atoms with Crippen molar-refractivity contribution in [1.29, 1.82) is 0 Å². The Morgan fingerprint density at radius 1 is 1.26 bits per heavy atom. The lowest BCUT2D eigenvalue weighted by molar-refractivity contribution is 0.815. The molecular formula is C15H15BrClNS. The number of nitrogens with two attached hydrogens (primary N) is 1. The highest BCUT2D eigenvalue weighted by atomic mass is 79.9. The molecule has 0 aliphatic rings. The molecule has 100 valence electrons. The average molecular weight is 357 g/mol. The van der Waals surface area contributed by atoms with E-state index in [0.717, 1.165) is 26.4 Å². The molecule has 19 heavy (non-hydrogen) atoms. The van der Waals surface area contributed by atoms with Crippen LogP contribution in [-0.2, 0) is 5.75 Å². The fourth-order valence-electron chi connectivity index (χ4n) is 1.69. The maximum absolute atomic E-state index is 6.16. The molecule has 2 N–H and O–H groups in total. The predicted octanol–water partition coefficient (Wildman–Crippen LogP) is 5.41. The Morgan fingerprint density at radius 3 is 2.63 bits per heavy atom. The van der Waals surface area contributed by atoms with Crippen molar-refractivity contribution in [1.82, 2.24) is 0 Å². The van der Waals surface area contributed by atoms with E-state index in [1.807, 2.05) is 25.1 Å². The summed E-state index contributed by atoms with van der Waals surface area (Å²) in [7, 11) is 0. The van der Waals surface area contributed by atoms with Crippen LogP contribution in [0.4, 0.5) is 0 Å². The molecule has 0 aliphatic carbocycles. The third-order valence-electron chi connectivity index (χ3n) is 2.82. The van der Waals surface area contributed by atoms with Gasteiger partial charge in [0.2, 0.25) is 0 Å². The zero-order chi connectivity index (χ0) is 13.8. The molecule has 2 aromatic rings. The van der Waals surface area contributed by atoms with Gasteiger partial charge in [0.1, 0.15) is 0 Å². The fraction of sp³-hybridized carbons (Fsp3) is 0.200. The summed E-state index contributed by atoms with van der Waals surface area (Å²) < 4.78 is 1.08. The summed E-state index contributed by atoms with van der Waals surface area (Å²) in [5.74, 6) is 0.857. The minimum Gasteiger partial charge on any atom is -0.324 e. The van der Waals surface area contributed by atoms with E-state index >= 15 is 0 Å². The molecule has 1 unspecified atom stereocenters. The van der Waals surface area contributed by atoms with E-state index in [9.17, 15) is 0 Å². The Hall–Kier alpha value is -0.480. The third-order valence-corrected chi connectivity index (χ3v) is 5.23. The number of thioether (sulfide) groups is 1. The lowest BCUT2D eigenvalue weighted by Gasteiger charge is -2.10. The Labute approximate surface area is 131 Å². The number of benzene rings is 2. The summed E-state index contributed by atoms with van der Waals surface area (Å²) in [5.41, 5.74) is 8.16. The first-order chi connectivity index (χ1) is 9.08. The van der Waals surface area contributed by atoms with E-state index < -0.39 is 0 Å². The summed E-state index contributed by atoms with van der Waals surface area (Å²) in [6.45, 7) is 1.98. The normalized spacial score (nSPS) is 12.4. The van der Waals surface area contributed by atoms with Gasteiger partial charge in [-0.3, -0.25) is 0 Å². The highest BCUT2D eigenvalue weighted by molar-refractivity contribution is 9.10. The second-order valence-corrected chi connectivity index (χ2v) is 6.64. The summed E-state index contributed by atoms with van der Waals surface area (Å²) in [4.78, 5) is 1.20. The molecule has 0 radical (unpaired) electrons. The van der Waals surface area contributed by atoms with Crippen LogP contribution in [0.1, 0.15) is 24.1 Å². The molecule has 2 aromatic carbocycles. The predicted molar refractivity (Wildman–Crippen MR) is 87.8 cm³/mol. The number of rotatable bonds is 4. The van der Waals surface area contributed by atoms with Gasteiger partial charge < -0.3 is 5.73 Å². The molecule has 0 bridgehead atoms. The van der Waals surface area contributed by atoms with Crippen LogP contribution in [-0.4, -0.2) is 0 Å². The van der Waals surface area contributed by atoms with E-state index in [4.69, 9.17) is 17.3 Å². The van der Waals surface area contributed by atoms with Gasteiger partial charge in [0, 0.05) is 26.2 Å². The largest absolute Gasteiger partial charge is 0.324 e. The molecule has 1 atom stereocenters. The number of hydrogen-bond acceptors (Lipinski definition) is 2. The number of hydrogen-bond donors (Lipinski definition) is 1. The molecule has 4 heteroatoms. The zero-order valence-corrected chi connectivity index (χ0v) is 13.7. The standard InChI is InChI=1S/C15H15BrClNS/c1-10(18)11-6-7-15(13(16)8-11)19-9-12-4-2-3-5-14(12)17/h2-8,10H,9,18H2,1H3. The minimum absolute atomic E-state index is 0.0546. The van der Waals surface area contributed by atoms with Gasteiger partial charge in [-0.2, -0.15) is 0 Å². The first-order valence-electron chi connectivity index (χ1n) is 5.99. The third kappa shape index (κ3) is 3.99. The van der Waals surface area contributed by atoms with Crippen LogP contribution in [0.5, 0.6) is 0 Å². The average Bonchev–Trinajstić information content (AvgIpc) is 2.39. The van der Waals surface area contributed by atoms with Crippen LogP contribution >= 0.6 is 39.3 Å². The highest BCUT2D eigenvalue weighted by Gasteiger charge is 2.06. The minimum atomic E-state index is 0.0546. The first-order valence-corrected chi connectivity index (χ1v) is 8.15. The molecule has 0 aromatic heterocycles.